The molecule has 0 spiro atoms. The first-order chi connectivity index (χ1) is 21.5. The lowest BCUT2D eigenvalue weighted by Crippen LogP contribution is -2.53. The number of benzene rings is 4. The average Bonchev–Trinajstić information content (AvgIpc) is 3.01. The van der Waals surface area contributed by atoms with E-state index in [9.17, 15) is 18.0 Å². The van der Waals surface area contributed by atoms with Gasteiger partial charge in [-0.15, -0.1) is 0 Å². The maximum absolute atomic E-state index is 14.5. The van der Waals surface area contributed by atoms with Crippen molar-refractivity contribution in [1.82, 2.24) is 10.2 Å². The van der Waals surface area contributed by atoms with E-state index in [2.05, 4.69) is 5.32 Å². The molecule has 0 radical (unpaired) electrons. The van der Waals surface area contributed by atoms with Crippen molar-refractivity contribution in [3.8, 4) is 0 Å². The number of sulfonamides is 1. The molecule has 0 fully saturated rings. The van der Waals surface area contributed by atoms with E-state index in [4.69, 9.17) is 11.6 Å². The van der Waals surface area contributed by atoms with Crippen LogP contribution in [0.3, 0.4) is 0 Å². The van der Waals surface area contributed by atoms with Crippen LogP contribution in [0.1, 0.15) is 36.1 Å². The first-order valence-corrected chi connectivity index (χ1v) is 16.8. The summed E-state index contributed by atoms with van der Waals surface area (Å²) in [4.78, 5) is 30.0. The van der Waals surface area contributed by atoms with Crippen LogP contribution >= 0.6 is 11.6 Å². The molecule has 4 rings (SSSR count). The molecule has 4 aromatic carbocycles. The van der Waals surface area contributed by atoms with Gasteiger partial charge in [-0.3, -0.25) is 13.9 Å². The Labute approximate surface area is 271 Å². The zero-order valence-electron chi connectivity index (χ0n) is 26.1. The highest BCUT2D eigenvalue weighted by molar-refractivity contribution is 7.92. The second-order valence-corrected chi connectivity index (χ2v) is 13.9. The lowest BCUT2D eigenvalue weighted by molar-refractivity contribution is -0.140. The Bertz CT molecular complexity index is 1710. The van der Waals surface area contributed by atoms with Crippen LogP contribution in [0.25, 0.3) is 0 Å². The zero-order valence-corrected chi connectivity index (χ0v) is 27.7. The molecule has 1 atom stereocenters. The van der Waals surface area contributed by atoms with Gasteiger partial charge in [-0.2, -0.15) is 0 Å². The quantitative estimate of drug-likeness (QED) is 0.178. The fourth-order valence-corrected chi connectivity index (χ4v) is 6.54. The molecule has 7 nitrogen and oxygen atoms in total. The Morgan fingerprint density at radius 3 is 2.16 bits per heavy atom. The summed E-state index contributed by atoms with van der Waals surface area (Å²) in [6.07, 6.45) is 0.254. The predicted octanol–water partition coefficient (Wildman–Crippen LogP) is 6.56. The summed E-state index contributed by atoms with van der Waals surface area (Å²) in [6.45, 7) is 7.84. The van der Waals surface area contributed by atoms with E-state index in [1.165, 1.54) is 23.1 Å². The Morgan fingerprint density at radius 2 is 1.51 bits per heavy atom. The van der Waals surface area contributed by atoms with Crippen molar-refractivity contribution in [1.29, 1.82) is 0 Å². The molecule has 0 saturated heterocycles. The molecule has 0 aliphatic rings. The molecule has 0 bridgehead atoms. The standard InChI is InChI=1S/C36H40ClN3O4S/c1-26(2)23-38-36(42)34(21-29-12-6-5-7-13-29)39(24-30-14-9-8-11-28(30)4)35(41)25-40(32-16-10-15-31(37)22-32)45(43,44)33-19-17-27(3)18-20-33/h5-20,22,26,34H,21,23-25H2,1-4H3,(H,38,42)/t34-/m1/s1. The highest BCUT2D eigenvalue weighted by Gasteiger charge is 2.35. The van der Waals surface area contributed by atoms with Gasteiger partial charge in [0.2, 0.25) is 11.8 Å². The second-order valence-electron chi connectivity index (χ2n) is 11.6. The van der Waals surface area contributed by atoms with Crippen molar-refractivity contribution >= 4 is 39.1 Å². The minimum atomic E-state index is -4.20. The van der Waals surface area contributed by atoms with Crippen molar-refractivity contribution in [2.45, 2.75) is 51.6 Å². The molecule has 4 aromatic rings. The average molecular weight is 646 g/mol. The van der Waals surface area contributed by atoms with Crippen LogP contribution in [0.5, 0.6) is 0 Å². The molecule has 0 unspecified atom stereocenters. The third-order valence-electron chi connectivity index (χ3n) is 7.54. The molecule has 0 aliphatic carbocycles. The third-order valence-corrected chi connectivity index (χ3v) is 9.56. The normalized spacial score (nSPS) is 12.0. The number of halogens is 1. The number of nitrogens with one attached hydrogen (secondary N) is 1. The van der Waals surface area contributed by atoms with E-state index in [-0.39, 0.29) is 35.4 Å². The highest BCUT2D eigenvalue weighted by atomic mass is 35.5. The van der Waals surface area contributed by atoms with Gasteiger partial charge in [-0.25, -0.2) is 8.42 Å². The minimum Gasteiger partial charge on any atom is -0.354 e. The fourth-order valence-electron chi connectivity index (χ4n) is 4.94. The molecule has 0 aliphatic heterocycles. The van der Waals surface area contributed by atoms with Gasteiger partial charge in [0.1, 0.15) is 12.6 Å². The molecule has 0 aromatic heterocycles. The van der Waals surface area contributed by atoms with Gasteiger partial charge in [-0.05, 0) is 66.8 Å². The summed E-state index contributed by atoms with van der Waals surface area (Å²) in [6, 6.07) is 29.1. The summed E-state index contributed by atoms with van der Waals surface area (Å²) < 4.78 is 29.3. The summed E-state index contributed by atoms with van der Waals surface area (Å²) >= 11 is 6.30. The van der Waals surface area contributed by atoms with Crippen LogP contribution in [-0.4, -0.2) is 44.3 Å². The van der Waals surface area contributed by atoms with Crippen LogP contribution < -0.4 is 9.62 Å². The number of hydrogen-bond donors (Lipinski definition) is 1. The maximum Gasteiger partial charge on any atom is 0.264 e. The topological polar surface area (TPSA) is 86.8 Å². The molecule has 1 N–H and O–H groups in total. The highest BCUT2D eigenvalue weighted by Crippen LogP contribution is 2.27. The minimum absolute atomic E-state index is 0.0434. The number of anilines is 1. The summed E-state index contributed by atoms with van der Waals surface area (Å²) in [5.41, 5.74) is 3.84. The van der Waals surface area contributed by atoms with Crippen LogP contribution in [0.2, 0.25) is 5.02 Å². The number of carbonyl (C=O) groups is 2. The number of carbonyl (C=O) groups excluding carboxylic acids is 2. The van der Waals surface area contributed by atoms with Crippen molar-refractivity contribution in [3.05, 3.63) is 130 Å². The van der Waals surface area contributed by atoms with Crippen LogP contribution in [0.15, 0.2) is 108 Å². The second kappa shape index (κ2) is 15.2. The smallest absolute Gasteiger partial charge is 0.264 e. The summed E-state index contributed by atoms with van der Waals surface area (Å²) in [5.74, 6) is -0.621. The monoisotopic (exact) mass is 645 g/mol. The molecule has 0 saturated carbocycles. The predicted molar refractivity (Wildman–Crippen MR) is 181 cm³/mol. The number of aryl methyl sites for hydroxylation is 2. The number of hydrogen-bond acceptors (Lipinski definition) is 4. The largest absolute Gasteiger partial charge is 0.354 e. The van der Waals surface area contributed by atoms with Crippen LogP contribution in [0, 0.1) is 19.8 Å². The third kappa shape index (κ3) is 8.96. The lowest BCUT2D eigenvalue weighted by Gasteiger charge is -2.34. The Hall–Kier alpha value is -4.14. The van der Waals surface area contributed by atoms with Gasteiger partial charge < -0.3 is 10.2 Å². The maximum atomic E-state index is 14.5. The number of rotatable bonds is 13. The summed E-state index contributed by atoms with van der Waals surface area (Å²) in [5, 5.41) is 3.34. The van der Waals surface area contributed by atoms with Crippen LogP contribution in [0.4, 0.5) is 5.69 Å². The van der Waals surface area contributed by atoms with E-state index >= 15 is 0 Å². The van der Waals surface area contributed by atoms with Gasteiger partial charge in [0.25, 0.3) is 10.0 Å². The lowest BCUT2D eigenvalue weighted by atomic mass is 10.0. The van der Waals surface area contributed by atoms with Gasteiger partial charge in [-0.1, -0.05) is 104 Å². The molecular formula is C36H40ClN3O4S. The Morgan fingerprint density at radius 1 is 0.844 bits per heavy atom. The van der Waals surface area contributed by atoms with Crippen molar-refractivity contribution in [2.75, 3.05) is 17.4 Å². The zero-order chi connectivity index (χ0) is 32.6. The van der Waals surface area contributed by atoms with Crippen molar-refractivity contribution in [2.24, 2.45) is 5.92 Å². The molecule has 45 heavy (non-hydrogen) atoms. The fraction of sp³-hybridized carbons (Fsp3) is 0.278. The molecule has 2 amide bonds. The van der Waals surface area contributed by atoms with E-state index in [0.717, 1.165) is 26.6 Å². The molecule has 0 heterocycles. The van der Waals surface area contributed by atoms with Gasteiger partial charge >= 0.3 is 0 Å². The van der Waals surface area contributed by atoms with Crippen molar-refractivity contribution < 1.29 is 18.0 Å². The molecule has 236 valence electrons. The molecular weight excluding hydrogens is 606 g/mol. The first kappa shape index (κ1) is 33.7. The van der Waals surface area contributed by atoms with E-state index in [1.807, 2.05) is 82.3 Å². The number of amides is 2. The van der Waals surface area contributed by atoms with Gasteiger partial charge in [0, 0.05) is 24.5 Å². The van der Waals surface area contributed by atoms with E-state index < -0.39 is 28.5 Å². The van der Waals surface area contributed by atoms with Gasteiger partial charge in [0.15, 0.2) is 0 Å². The van der Waals surface area contributed by atoms with Gasteiger partial charge in [0.05, 0.1) is 10.6 Å². The van der Waals surface area contributed by atoms with Crippen LogP contribution in [-0.2, 0) is 32.6 Å². The number of nitrogens with zero attached hydrogens (tertiary/aromatic N) is 2. The first-order valence-electron chi connectivity index (χ1n) is 15.0. The molecule has 9 heteroatoms. The van der Waals surface area contributed by atoms with E-state index in [0.29, 0.717) is 11.6 Å². The Balaban J connectivity index is 1.81. The SMILES string of the molecule is Cc1ccc(S(=O)(=O)N(CC(=O)N(Cc2ccccc2C)[C@H](Cc2ccccc2)C(=O)NCC(C)C)c2cccc(Cl)c2)cc1. The summed E-state index contributed by atoms with van der Waals surface area (Å²) in [7, 11) is -4.20. The van der Waals surface area contributed by atoms with Crippen molar-refractivity contribution in [3.63, 3.8) is 0 Å². The van der Waals surface area contributed by atoms with E-state index in [1.54, 1.807) is 30.3 Å². The Kier molecular flexibility index (Phi) is 11.4.